The number of nitro groups is 1. The van der Waals surface area contributed by atoms with Crippen molar-refractivity contribution >= 4 is 17.3 Å². The zero-order chi connectivity index (χ0) is 14.6. The minimum absolute atomic E-state index is 0.101. The fourth-order valence-corrected chi connectivity index (χ4v) is 2.69. The largest absolute Gasteiger partial charge is 0.325 e. The fourth-order valence-electron chi connectivity index (χ4n) is 2.69. The van der Waals surface area contributed by atoms with E-state index in [2.05, 4.69) is 5.32 Å². The third-order valence-corrected chi connectivity index (χ3v) is 3.74. The zero-order valence-corrected chi connectivity index (χ0v) is 11.3. The van der Waals surface area contributed by atoms with Gasteiger partial charge in [-0.15, -0.1) is 0 Å². The Morgan fingerprint density at radius 1 is 1.30 bits per heavy atom. The molecule has 108 valence electrons. The molecule has 1 saturated carbocycles. The number of anilines is 1. The third-order valence-electron chi connectivity index (χ3n) is 3.74. The molecule has 2 rings (SSSR count). The van der Waals surface area contributed by atoms with Crippen LogP contribution in [0, 0.1) is 10.1 Å². The number of nitrogens with two attached hydrogens (primary N) is 1. The van der Waals surface area contributed by atoms with E-state index < -0.39 is 10.5 Å². The molecule has 0 bridgehead atoms. The van der Waals surface area contributed by atoms with Crippen LogP contribution in [0.4, 0.5) is 11.4 Å². The number of para-hydroxylation sites is 2. The van der Waals surface area contributed by atoms with Gasteiger partial charge in [0.15, 0.2) is 0 Å². The van der Waals surface area contributed by atoms with Crippen LogP contribution in [0.3, 0.4) is 0 Å². The monoisotopic (exact) mass is 277 g/mol. The molecule has 0 radical (unpaired) electrons. The zero-order valence-electron chi connectivity index (χ0n) is 11.3. The lowest BCUT2D eigenvalue weighted by molar-refractivity contribution is -0.383. The highest BCUT2D eigenvalue weighted by atomic mass is 16.6. The molecule has 20 heavy (non-hydrogen) atoms. The van der Waals surface area contributed by atoms with E-state index in [4.69, 9.17) is 5.73 Å². The molecule has 0 spiro atoms. The van der Waals surface area contributed by atoms with E-state index in [-0.39, 0.29) is 23.7 Å². The van der Waals surface area contributed by atoms with Crippen LogP contribution in [0.1, 0.15) is 38.5 Å². The third kappa shape index (κ3) is 3.54. The maximum atomic E-state index is 12.0. The highest BCUT2D eigenvalue weighted by Crippen LogP contribution is 2.30. The number of hydrogen-bond donors (Lipinski definition) is 2. The number of nitro benzene ring substituents is 1. The van der Waals surface area contributed by atoms with Crippen LogP contribution in [0.5, 0.6) is 0 Å². The quantitative estimate of drug-likeness (QED) is 0.652. The van der Waals surface area contributed by atoms with Crippen molar-refractivity contribution in [1.82, 2.24) is 0 Å². The fraction of sp³-hybridized carbons (Fsp3) is 0.500. The van der Waals surface area contributed by atoms with Crippen molar-refractivity contribution in [2.75, 3.05) is 5.32 Å². The molecule has 3 N–H and O–H groups in total. The first-order valence-electron chi connectivity index (χ1n) is 6.82. The van der Waals surface area contributed by atoms with Gasteiger partial charge in [0.25, 0.3) is 5.69 Å². The molecule has 1 fully saturated rings. The summed E-state index contributed by atoms with van der Waals surface area (Å²) in [5.74, 6) is -0.260. The van der Waals surface area contributed by atoms with E-state index in [9.17, 15) is 14.9 Å². The number of nitrogens with one attached hydrogen (secondary N) is 1. The Morgan fingerprint density at radius 3 is 2.60 bits per heavy atom. The smallest absolute Gasteiger partial charge is 0.292 e. The average molecular weight is 277 g/mol. The second-order valence-electron chi connectivity index (χ2n) is 5.42. The van der Waals surface area contributed by atoms with Crippen molar-refractivity contribution in [1.29, 1.82) is 0 Å². The Bertz CT molecular complexity index is 510. The average Bonchev–Trinajstić information content (AvgIpc) is 2.39. The molecule has 0 heterocycles. The lowest BCUT2D eigenvalue weighted by Gasteiger charge is -2.32. The van der Waals surface area contributed by atoms with Crippen LogP contribution in [0.15, 0.2) is 24.3 Å². The van der Waals surface area contributed by atoms with E-state index in [1.54, 1.807) is 12.1 Å². The van der Waals surface area contributed by atoms with Gasteiger partial charge in [-0.1, -0.05) is 31.4 Å². The molecule has 0 atom stereocenters. The topological polar surface area (TPSA) is 98.3 Å². The number of hydrogen-bond acceptors (Lipinski definition) is 4. The Labute approximate surface area is 117 Å². The van der Waals surface area contributed by atoms with Gasteiger partial charge in [0.05, 0.1) is 4.92 Å². The SMILES string of the molecule is NC1(CC(=O)Nc2ccccc2[N+](=O)[O-])CCCCC1. The van der Waals surface area contributed by atoms with Crippen molar-refractivity contribution in [3.8, 4) is 0 Å². The molecule has 6 heteroatoms. The van der Waals surface area contributed by atoms with Crippen LogP contribution in [-0.4, -0.2) is 16.4 Å². The van der Waals surface area contributed by atoms with Crippen LogP contribution >= 0.6 is 0 Å². The minimum Gasteiger partial charge on any atom is -0.325 e. The first kappa shape index (κ1) is 14.5. The maximum Gasteiger partial charge on any atom is 0.292 e. The Balaban J connectivity index is 2.03. The summed E-state index contributed by atoms with van der Waals surface area (Å²) >= 11 is 0. The number of nitrogens with zero attached hydrogens (tertiary/aromatic N) is 1. The second-order valence-corrected chi connectivity index (χ2v) is 5.42. The van der Waals surface area contributed by atoms with Crippen LogP contribution in [-0.2, 0) is 4.79 Å². The molecule has 1 aromatic rings. The lowest BCUT2D eigenvalue weighted by atomic mass is 9.80. The molecule has 1 aromatic carbocycles. The summed E-state index contributed by atoms with van der Waals surface area (Å²) in [6.45, 7) is 0. The van der Waals surface area contributed by atoms with Crippen molar-refractivity contribution in [2.45, 2.75) is 44.1 Å². The molecular formula is C14H19N3O3. The number of amides is 1. The summed E-state index contributed by atoms with van der Waals surface area (Å²) in [5, 5.41) is 13.5. The maximum absolute atomic E-state index is 12.0. The van der Waals surface area contributed by atoms with E-state index >= 15 is 0 Å². The minimum atomic E-state index is -0.506. The van der Waals surface area contributed by atoms with Gasteiger partial charge in [-0.2, -0.15) is 0 Å². The van der Waals surface area contributed by atoms with Gasteiger partial charge in [-0.05, 0) is 18.9 Å². The first-order valence-corrected chi connectivity index (χ1v) is 6.82. The standard InChI is InChI=1S/C14H19N3O3/c15-14(8-4-1-5-9-14)10-13(18)16-11-6-2-3-7-12(11)17(19)20/h2-3,6-7H,1,4-5,8-10,15H2,(H,16,18). The number of benzene rings is 1. The van der Waals surface area contributed by atoms with Gasteiger partial charge in [0, 0.05) is 18.0 Å². The normalized spacial score (nSPS) is 17.4. The Hall–Kier alpha value is -1.95. The lowest BCUT2D eigenvalue weighted by Crippen LogP contribution is -2.44. The van der Waals surface area contributed by atoms with Crippen LogP contribution in [0.25, 0.3) is 0 Å². The number of carbonyl (C=O) groups excluding carboxylic acids is 1. The number of rotatable bonds is 4. The van der Waals surface area contributed by atoms with Gasteiger partial charge >= 0.3 is 0 Å². The van der Waals surface area contributed by atoms with Gasteiger partial charge in [-0.3, -0.25) is 14.9 Å². The molecule has 0 unspecified atom stereocenters. The molecule has 6 nitrogen and oxygen atoms in total. The van der Waals surface area contributed by atoms with Crippen molar-refractivity contribution in [2.24, 2.45) is 5.73 Å². The summed E-state index contributed by atoms with van der Waals surface area (Å²) in [5.41, 5.74) is 5.87. The van der Waals surface area contributed by atoms with E-state index in [1.807, 2.05) is 0 Å². The predicted molar refractivity (Wildman–Crippen MR) is 76.3 cm³/mol. The molecular weight excluding hydrogens is 258 g/mol. The van der Waals surface area contributed by atoms with Crippen LogP contribution < -0.4 is 11.1 Å². The Kier molecular flexibility index (Phi) is 4.34. The first-order chi connectivity index (χ1) is 9.50. The molecule has 0 saturated heterocycles. The summed E-state index contributed by atoms with van der Waals surface area (Å²) in [6.07, 6.45) is 5.10. The summed E-state index contributed by atoms with van der Waals surface area (Å²) < 4.78 is 0. The summed E-state index contributed by atoms with van der Waals surface area (Å²) in [7, 11) is 0. The van der Waals surface area contributed by atoms with Gasteiger partial charge in [0.2, 0.25) is 5.91 Å². The van der Waals surface area contributed by atoms with Crippen molar-refractivity contribution in [3.05, 3.63) is 34.4 Å². The molecule has 0 aromatic heterocycles. The Morgan fingerprint density at radius 2 is 1.95 bits per heavy atom. The summed E-state index contributed by atoms with van der Waals surface area (Å²) in [6, 6.07) is 6.12. The van der Waals surface area contributed by atoms with E-state index in [0.717, 1.165) is 32.1 Å². The van der Waals surface area contributed by atoms with Gasteiger partial charge in [0.1, 0.15) is 5.69 Å². The second kappa shape index (κ2) is 6.00. The van der Waals surface area contributed by atoms with Crippen LogP contribution in [0.2, 0.25) is 0 Å². The molecule has 0 aliphatic heterocycles. The van der Waals surface area contributed by atoms with E-state index in [1.165, 1.54) is 12.1 Å². The number of carbonyl (C=O) groups is 1. The highest BCUT2D eigenvalue weighted by molar-refractivity contribution is 5.93. The molecule has 1 aliphatic rings. The van der Waals surface area contributed by atoms with Crippen molar-refractivity contribution < 1.29 is 9.72 Å². The van der Waals surface area contributed by atoms with Gasteiger partial charge < -0.3 is 11.1 Å². The van der Waals surface area contributed by atoms with Crippen molar-refractivity contribution in [3.63, 3.8) is 0 Å². The van der Waals surface area contributed by atoms with Gasteiger partial charge in [-0.25, -0.2) is 0 Å². The molecule has 1 amide bonds. The summed E-state index contributed by atoms with van der Waals surface area (Å²) in [4.78, 5) is 22.4. The molecule has 1 aliphatic carbocycles. The predicted octanol–water partition coefficient (Wildman–Crippen LogP) is 2.58. The highest BCUT2D eigenvalue weighted by Gasteiger charge is 2.30. The van der Waals surface area contributed by atoms with E-state index in [0.29, 0.717) is 0 Å².